The first-order valence-electron chi connectivity index (χ1n) is 9.45. The molecule has 0 fully saturated rings. The number of rotatable bonds is 5. The van der Waals surface area contributed by atoms with Crippen LogP contribution in [-0.2, 0) is 0 Å². The number of benzene rings is 3. The molecule has 0 unspecified atom stereocenters. The monoisotopic (exact) mass is 379 g/mol. The highest BCUT2D eigenvalue weighted by Crippen LogP contribution is 2.24. The minimum Gasteiger partial charge on any atom is -0.303 e. The van der Waals surface area contributed by atoms with Gasteiger partial charge in [-0.3, -0.25) is 10.2 Å². The van der Waals surface area contributed by atoms with E-state index in [1.54, 1.807) is 0 Å². The highest BCUT2D eigenvalue weighted by molar-refractivity contribution is 6.07. The molecular formula is C25H21N3O. The number of aromatic nitrogens is 1. The predicted octanol–water partition coefficient (Wildman–Crippen LogP) is 5.20. The number of para-hydroxylation sites is 1. The zero-order valence-corrected chi connectivity index (χ0v) is 16.1. The van der Waals surface area contributed by atoms with Crippen LogP contribution in [0.4, 0.5) is 0 Å². The normalized spacial score (nSPS) is 11.3. The van der Waals surface area contributed by atoms with Crippen molar-refractivity contribution in [3.8, 4) is 11.3 Å². The van der Waals surface area contributed by atoms with Crippen molar-refractivity contribution in [1.29, 1.82) is 0 Å². The Morgan fingerprint density at radius 1 is 0.828 bits per heavy atom. The molecule has 1 amide bonds. The van der Waals surface area contributed by atoms with Gasteiger partial charge in [-0.25, -0.2) is 4.98 Å². The molecule has 0 saturated heterocycles. The van der Waals surface area contributed by atoms with Crippen molar-refractivity contribution in [2.24, 2.45) is 0 Å². The van der Waals surface area contributed by atoms with E-state index in [1.807, 2.05) is 104 Å². The summed E-state index contributed by atoms with van der Waals surface area (Å²) in [6, 6.07) is 29.3. The molecule has 4 heteroatoms. The van der Waals surface area contributed by atoms with Crippen LogP contribution in [0.15, 0.2) is 96.7 Å². The summed E-state index contributed by atoms with van der Waals surface area (Å²) in [5.41, 5.74) is 10.8. The minimum atomic E-state index is -0.207. The molecule has 1 aromatic heterocycles. The van der Waals surface area contributed by atoms with Crippen LogP contribution in [0.5, 0.6) is 0 Å². The molecule has 4 aromatic rings. The van der Waals surface area contributed by atoms with Crippen LogP contribution in [0, 0.1) is 0 Å². The van der Waals surface area contributed by atoms with Crippen LogP contribution in [-0.4, -0.2) is 10.9 Å². The van der Waals surface area contributed by atoms with Crippen molar-refractivity contribution < 1.29 is 4.79 Å². The maximum absolute atomic E-state index is 13.0. The lowest BCUT2D eigenvalue weighted by atomic mass is 10.0. The van der Waals surface area contributed by atoms with Gasteiger partial charge in [0.1, 0.15) is 0 Å². The van der Waals surface area contributed by atoms with Crippen molar-refractivity contribution in [2.75, 3.05) is 0 Å². The Kier molecular flexibility index (Phi) is 5.34. The number of amides is 1. The number of pyridine rings is 1. The van der Waals surface area contributed by atoms with Gasteiger partial charge >= 0.3 is 0 Å². The van der Waals surface area contributed by atoms with Gasteiger partial charge in [0.25, 0.3) is 5.91 Å². The first-order chi connectivity index (χ1) is 14.2. The fourth-order valence-electron chi connectivity index (χ4n) is 3.18. The van der Waals surface area contributed by atoms with Crippen LogP contribution < -0.4 is 10.9 Å². The summed E-state index contributed by atoms with van der Waals surface area (Å²) in [5.74, 6) is -0.207. The molecule has 2 N–H and O–H groups in total. The van der Waals surface area contributed by atoms with Crippen molar-refractivity contribution in [1.82, 2.24) is 15.8 Å². The minimum absolute atomic E-state index is 0.207. The van der Waals surface area contributed by atoms with Crippen molar-refractivity contribution in [3.05, 3.63) is 108 Å². The molecule has 0 saturated carbocycles. The Balaban J connectivity index is 1.62. The lowest BCUT2D eigenvalue weighted by Gasteiger charge is -2.12. The van der Waals surface area contributed by atoms with Crippen LogP contribution in [0.1, 0.15) is 22.8 Å². The highest BCUT2D eigenvalue weighted by atomic mass is 16.2. The number of allylic oxidation sites excluding steroid dienone is 1. The maximum Gasteiger partial charge on any atom is 0.270 e. The summed E-state index contributed by atoms with van der Waals surface area (Å²) in [6.45, 7) is 1.91. The SMILES string of the molecule is C/C(=C/c1ccccc1)NNC(=O)c1cc(-c2ccccc2)nc2ccccc12. The molecule has 3 aromatic carbocycles. The zero-order chi connectivity index (χ0) is 20.1. The fourth-order valence-corrected chi connectivity index (χ4v) is 3.18. The summed E-state index contributed by atoms with van der Waals surface area (Å²) in [6.07, 6.45) is 1.97. The van der Waals surface area contributed by atoms with Crippen molar-refractivity contribution >= 4 is 22.9 Å². The Morgan fingerprint density at radius 3 is 2.24 bits per heavy atom. The van der Waals surface area contributed by atoms with Gasteiger partial charge in [-0.2, -0.15) is 0 Å². The number of nitrogens with zero attached hydrogens (tertiary/aromatic N) is 1. The molecule has 0 atom stereocenters. The third-order valence-electron chi connectivity index (χ3n) is 4.59. The number of carbonyl (C=O) groups is 1. The lowest BCUT2D eigenvalue weighted by molar-refractivity contribution is 0.0940. The second-order valence-electron chi connectivity index (χ2n) is 6.76. The first kappa shape index (κ1) is 18.4. The average molecular weight is 379 g/mol. The van der Waals surface area contributed by atoms with E-state index in [1.165, 1.54) is 0 Å². The third-order valence-corrected chi connectivity index (χ3v) is 4.59. The first-order valence-corrected chi connectivity index (χ1v) is 9.45. The van der Waals surface area contributed by atoms with E-state index in [4.69, 9.17) is 4.98 Å². The lowest BCUT2D eigenvalue weighted by Crippen LogP contribution is -2.36. The standard InChI is InChI=1S/C25H21N3O/c1-18(16-19-10-4-2-5-11-19)27-28-25(29)22-17-24(20-12-6-3-7-13-20)26-23-15-9-8-14-21(22)23/h2-17,27H,1H3,(H,28,29)/b18-16-. The Bertz CT molecular complexity index is 1170. The van der Waals surface area contributed by atoms with E-state index in [9.17, 15) is 4.79 Å². The molecule has 0 radical (unpaired) electrons. The van der Waals surface area contributed by atoms with E-state index in [2.05, 4.69) is 10.9 Å². The van der Waals surface area contributed by atoms with Crippen LogP contribution >= 0.6 is 0 Å². The van der Waals surface area contributed by atoms with Gasteiger partial charge < -0.3 is 5.43 Å². The van der Waals surface area contributed by atoms with Crippen LogP contribution in [0.25, 0.3) is 28.2 Å². The highest BCUT2D eigenvalue weighted by Gasteiger charge is 2.13. The molecule has 4 rings (SSSR count). The molecule has 4 nitrogen and oxygen atoms in total. The second kappa shape index (κ2) is 8.40. The third kappa shape index (κ3) is 4.33. The molecule has 0 aliphatic carbocycles. The summed E-state index contributed by atoms with van der Waals surface area (Å²) in [5, 5.41) is 0.816. The number of nitrogens with one attached hydrogen (secondary N) is 2. The Hall–Kier alpha value is -3.92. The van der Waals surface area contributed by atoms with Gasteiger partial charge in [-0.15, -0.1) is 0 Å². The van der Waals surface area contributed by atoms with Gasteiger partial charge in [-0.05, 0) is 30.7 Å². The molecule has 0 aliphatic rings. The van der Waals surface area contributed by atoms with Crippen molar-refractivity contribution in [3.63, 3.8) is 0 Å². The molecular weight excluding hydrogens is 358 g/mol. The number of hydrogen-bond acceptors (Lipinski definition) is 3. The van der Waals surface area contributed by atoms with E-state index < -0.39 is 0 Å². The van der Waals surface area contributed by atoms with E-state index >= 15 is 0 Å². The van der Waals surface area contributed by atoms with Gasteiger partial charge in [0.05, 0.1) is 16.8 Å². The van der Waals surface area contributed by atoms with E-state index in [0.29, 0.717) is 5.56 Å². The summed E-state index contributed by atoms with van der Waals surface area (Å²) < 4.78 is 0. The fraction of sp³-hybridized carbons (Fsp3) is 0.0400. The number of hydrogen-bond donors (Lipinski definition) is 2. The largest absolute Gasteiger partial charge is 0.303 e. The van der Waals surface area contributed by atoms with E-state index in [-0.39, 0.29) is 5.91 Å². The topological polar surface area (TPSA) is 54.0 Å². The summed E-state index contributed by atoms with van der Waals surface area (Å²) in [4.78, 5) is 17.7. The predicted molar refractivity (Wildman–Crippen MR) is 118 cm³/mol. The molecule has 0 spiro atoms. The molecule has 0 bridgehead atoms. The smallest absolute Gasteiger partial charge is 0.270 e. The van der Waals surface area contributed by atoms with Gasteiger partial charge in [0.2, 0.25) is 0 Å². The Labute approximate surface area is 169 Å². The zero-order valence-electron chi connectivity index (χ0n) is 16.1. The number of fused-ring (bicyclic) bond motifs is 1. The van der Waals surface area contributed by atoms with Gasteiger partial charge in [-0.1, -0.05) is 78.9 Å². The maximum atomic E-state index is 13.0. The molecule has 142 valence electrons. The van der Waals surface area contributed by atoms with Gasteiger partial charge in [0, 0.05) is 16.6 Å². The van der Waals surface area contributed by atoms with Crippen LogP contribution in [0.2, 0.25) is 0 Å². The number of hydrazine groups is 1. The number of carbonyl (C=O) groups excluding carboxylic acids is 1. The summed E-state index contributed by atoms with van der Waals surface area (Å²) in [7, 11) is 0. The summed E-state index contributed by atoms with van der Waals surface area (Å²) >= 11 is 0. The second-order valence-corrected chi connectivity index (χ2v) is 6.76. The average Bonchev–Trinajstić information content (AvgIpc) is 2.78. The molecule has 29 heavy (non-hydrogen) atoms. The molecule has 0 aliphatic heterocycles. The quantitative estimate of drug-likeness (QED) is 0.469. The van der Waals surface area contributed by atoms with E-state index in [0.717, 1.165) is 33.4 Å². The van der Waals surface area contributed by atoms with Gasteiger partial charge in [0.15, 0.2) is 0 Å². The van der Waals surface area contributed by atoms with Crippen molar-refractivity contribution in [2.45, 2.75) is 6.92 Å². The Morgan fingerprint density at radius 2 is 1.48 bits per heavy atom. The van der Waals surface area contributed by atoms with Crippen LogP contribution in [0.3, 0.4) is 0 Å². The molecule has 1 heterocycles.